The van der Waals surface area contributed by atoms with Crippen LogP contribution in [-0.4, -0.2) is 29.9 Å². The molecule has 23 heavy (non-hydrogen) atoms. The van der Waals surface area contributed by atoms with Gasteiger partial charge >= 0.3 is 5.97 Å². The molecule has 1 aromatic rings. The molecule has 0 spiro atoms. The van der Waals surface area contributed by atoms with E-state index in [4.69, 9.17) is 21.6 Å². The van der Waals surface area contributed by atoms with Crippen LogP contribution in [0.2, 0.25) is 5.02 Å². The Morgan fingerprint density at radius 1 is 1.43 bits per heavy atom. The van der Waals surface area contributed by atoms with Crippen molar-refractivity contribution in [2.24, 2.45) is 0 Å². The average molecular weight is 333 g/mol. The van der Waals surface area contributed by atoms with E-state index in [0.717, 1.165) is 5.56 Å². The summed E-state index contributed by atoms with van der Waals surface area (Å²) in [5.41, 5.74) is 1.71. The van der Waals surface area contributed by atoms with Crippen LogP contribution in [-0.2, 0) is 14.3 Å². The molecule has 1 aromatic carbocycles. The van der Waals surface area contributed by atoms with Gasteiger partial charge in [-0.05, 0) is 31.5 Å². The highest BCUT2D eigenvalue weighted by Crippen LogP contribution is 2.37. The van der Waals surface area contributed by atoms with Gasteiger partial charge in [-0.2, -0.15) is 5.26 Å². The number of esters is 1. The Bertz CT molecular complexity index is 689. The lowest BCUT2D eigenvalue weighted by atomic mass is 9.84. The molecule has 6 heteroatoms. The van der Waals surface area contributed by atoms with Gasteiger partial charge in [-0.15, -0.1) is 0 Å². The molecule has 0 saturated carbocycles. The summed E-state index contributed by atoms with van der Waals surface area (Å²) in [5, 5.41) is 9.48. The molecule has 1 amide bonds. The van der Waals surface area contributed by atoms with Crippen LogP contribution >= 0.6 is 11.6 Å². The minimum atomic E-state index is -0.458. The smallest absolute Gasteiger partial charge is 0.336 e. The monoisotopic (exact) mass is 332 g/mol. The normalized spacial score (nSPS) is 17.9. The fraction of sp³-hybridized carbons (Fsp3) is 0.353. The predicted molar refractivity (Wildman–Crippen MR) is 85.5 cm³/mol. The third-order valence-corrected chi connectivity index (χ3v) is 4.07. The fourth-order valence-corrected chi connectivity index (χ4v) is 2.85. The van der Waals surface area contributed by atoms with Crippen molar-refractivity contribution in [1.82, 2.24) is 4.90 Å². The molecule has 1 aliphatic rings. The number of hydrogen-bond acceptors (Lipinski definition) is 4. The summed E-state index contributed by atoms with van der Waals surface area (Å²) in [6.45, 7) is 3.56. The van der Waals surface area contributed by atoms with Gasteiger partial charge in [0.05, 0.1) is 18.2 Å². The first-order chi connectivity index (χ1) is 11.0. The molecule has 1 heterocycles. The molecule has 0 unspecified atom stereocenters. The Morgan fingerprint density at radius 2 is 2.09 bits per heavy atom. The first-order valence-electron chi connectivity index (χ1n) is 7.30. The molecule has 0 radical (unpaired) electrons. The molecular weight excluding hydrogens is 316 g/mol. The van der Waals surface area contributed by atoms with Crippen LogP contribution in [0.25, 0.3) is 0 Å². The van der Waals surface area contributed by atoms with Crippen molar-refractivity contribution in [2.45, 2.75) is 26.2 Å². The van der Waals surface area contributed by atoms with Crippen molar-refractivity contribution in [2.75, 3.05) is 13.2 Å². The maximum atomic E-state index is 12.4. The number of allylic oxidation sites excluding steroid dienone is 1. The molecule has 120 valence electrons. The second kappa shape index (κ2) is 7.30. The molecule has 5 nitrogen and oxygen atoms in total. The Morgan fingerprint density at radius 3 is 2.65 bits per heavy atom. The minimum Gasteiger partial charge on any atom is -0.463 e. The van der Waals surface area contributed by atoms with E-state index in [1.807, 2.05) is 6.07 Å². The Kier molecular flexibility index (Phi) is 5.41. The number of benzene rings is 1. The molecule has 0 aromatic heterocycles. The van der Waals surface area contributed by atoms with Crippen LogP contribution < -0.4 is 0 Å². The summed E-state index contributed by atoms with van der Waals surface area (Å²) in [4.78, 5) is 26.1. The quantitative estimate of drug-likeness (QED) is 0.627. The van der Waals surface area contributed by atoms with E-state index in [1.165, 1.54) is 4.90 Å². The second-order valence-electron chi connectivity index (χ2n) is 5.17. The first-order valence-corrected chi connectivity index (χ1v) is 7.68. The van der Waals surface area contributed by atoms with Crippen molar-refractivity contribution < 1.29 is 14.3 Å². The van der Waals surface area contributed by atoms with Gasteiger partial charge in [-0.3, -0.25) is 4.79 Å². The number of ether oxygens (including phenoxy) is 1. The predicted octanol–water partition coefficient (Wildman–Crippen LogP) is 3.02. The van der Waals surface area contributed by atoms with Crippen LogP contribution in [0.15, 0.2) is 35.5 Å². The van der Waals surface area contributed by atoms with E-state index in [9.17, 15) is 9.59 Å². The van der Waals surface area contributed by atoms with Gasteiger partial charge in [0.25, 0.3) is 0 Å². The Hall–Kier alpha value is -2.32. The molecule has 0 saturated heterocycles. The van der Waals surface area contributed by atoms with Gasteiger partial charge in [0.2, 0.25) is 5.91 Å². The third kappa shape index (κ3) is 3.54. The highest BCUT2D eigenvalue weighted by Gasteiger charge is 2.36. The van der Waals surface area contributed by atoms with Crippen LogP contribution in [0.5, 0.6) is 0 Å². The molecule has 0 N–H and O–H groups in total. The topological polar surface area (TPSA) is 70.4 Å². The van der Waals surface area contributed by atoms with Crippen LogP contribution in [0.1, 0.15) is 31.7 Å². The van der Waals surface area contributed by atoms with Gasteiger partial charge < -0.3 is 9.64 Å². The number of halogens is 1. The van der Waals surface area contributed by atoms with Gasteiger partial charge in [0.1, 0.15) is 6.54 Å². The number of nitriles is 1. The molecule has 0 aliphatic carbocycles. The maximum Gasteiger partial charge on any atom is 0.336 e. The van der Waals surface area contributed by atoms with Crippen LogP contribution in [0.4, 0.5) is 0 Å². The number of amides is 1. The zero-order valence-electron chi connectivity index (χ0n) is 13.0. The number of nitrogens with zero attached hydrogens (tertiary/aromatic N) is 2. The van der Waals surface area contributed by atoms with E-state index < -0.39 is 11.9 Å². The summed E-state index contributed by atoms with van der Waals surface area (Å²) >= 11 is 5.91. The lowest BCUT2D eigenvalue weighted by Gasteiger charge is -2.33. The second-order valence-corrected chi connectivity index (χ2v) is 5.60. The summed E-state index contributed by atoms with van der Waals surface area (Å²) in [7, 11) is 0. The lowest BCUT2D eigenvalue weighted by Crippen LogP contribution is -2.38. The molecule has 1 atom stereocenters. The maximum absolute atomic E-state index is 12.4. The number of carbonyl (C=O) groups excluding carboxylic acids is 2. The summed E-state index contributed by atoms with van der Waals surface area (Å²) in [6, 6.07) is 9.00. The molecule has 0 bridgehead atoms. The summed E-state index contributed by atoms with van der Waals surface area (Å²) in [6.07, 6.45) is 0.120. The fourth-order valence-electron chi connectivity index (χ4n) is 2.73. The Labute approximate surface area is 140 Å². The van der Waals surface area contributed by atoms with E-state index in [-0.39, 0.29) is 25.5 Å². The van der Waals surface area contributed by atoms with E-state index >= 15 is 0 Å². The molecule has 0 fully saturated rings. The zero-order valence-corrected chi connectivity index (χ0v) is 13.8. The SMILES string of the molecule is CCOC(=O)C1=C(C)N(CC#N)C(=O)C[C@H]1c1ccc(Cl)cc1. The average Bonchev–Trinajstić information content (AvgIpc) is 2.51. The van der Waals surface area contributed by atoms with Gasteiger partial charge in [-0.25, -0.2) is 4.79 Å². The molecular formula is C17H17ClN2O3. The van der Waals surface area contributed by atoms with E-state index in [1.54, 1.807) is 38.1 Å². The summed E-state index contributed by atoms with van der Waals surface area (Å²) < 4.78 is 5.15. The van der Waals surface area contributed by atoms with Crippen molar-refractivity contribution in [3.05, 3.63) is 46.1 Å². The van der Waals surface area contributed by atoms with Gasteiger partial charge in [0, 0.05) is 23.1 Å². The zero-order chi connectivity index (χ0) is 17.0. The molecule has 1 aliphatic heterocycles. The van der Waals surface area contributed by atoms with Crippen LogP contribution in [0, 0.1) is 11.3 Å². The highest BCUT2D eigenvalue weighted by atomic mass is 35.5. The van der Waals surface area contributed by atoms with E-state index in [0.29, 0.717) is 16.3 Å². The molecule has 2 rings (SSSR count). The minimum absolute atomic E-state index is 0.0824. The Balaban J connectivity index is 2.51. The van der Waals surface area contributed by atoms with Gasteiger partial charge in [-0.1, -0.05) is 23.7 Å². The van der Waals surface area contributed by atoms with Crippen molar-refractivity contribution in [1.29, 1.82) is 5.26 Å². The third-order valence-electron chi connectivity index (χ3n) is 3.82. The van der Waals surface area contributed by atoms with Crippen LogP contribution in [0.3, 0.4) is 0 Å². The standard InChI is InChI=1S/C17H17ClN2O3/c1-3-23-17(22)16-11(2)20(9-8-19)15(21)10-14(16)12-4-6-13(18)7-5-12/h4-7,14H,3,9-10H2,1-2H3/t14-/m0/s1. The highest BCUT2D eigenvalue weighted by molar-refractivity contribution is 6.30. The largest absolute Gasteiger partial charge is 0.463 e. The van der Waals surface area contributed by atoms with Crippen molar-refractivity contribution >= 4 is 23.5 Å². The number of rotatable bonds is 4. The van der Waals surface area contributed by atoms with Gasteiger partial charge in [0.15, 0.2) is 0 Å². The van der Waals surface area contributed by atoms with E-state index in [2.05, 4.69) is 0 Å². The number of carbonyl (C=O) groups is 2. The summed E-state index contributed by atoms with van der Waals surface area (Å²) in [5.74, 6) is -1.04. The first kappa shape index (κ1) is 17.0. The van der Waals surface area contributed by atoms with Crippen molar-refractivity contribution in [3.63, 3.8) is 0 Å². The van der Waals surface area contributed by atoms with Crippen molar-refractivity contribution in [3.8, 4) is 6.07 Å². The lowest BCUT2D eigenvalue weighted by molar-refractivity contribution is -0.139. The number of hydrogen-bond donors (Lipinski definition) is 0.